The SMILES string of the molecule is CCOc1cc([C@H]2NC(=O)NC(C)=C2C(=O)OC)ccc1OC[C@@H](O)N/N=C\c1ccc(-c2cccc(C(=O)OC)c2C)o1. The molecule has 1 aliphatic rings. The van der Waals surface area contributed by atoms with Crippen LogP contribution in [0.4, 0.5) is 4.79 Å². The Hall–Kier alpha value is -5.30. The van der Waals surface area contributed by atoms with E-state index in [0.717, 1.165) is 11.1 Å². The van der Waals surface area contributed by atoms with E-state index in [2.05, 4.69) is 21.2 Å². The van der Waals surface area contributed by atoms with Crippen molar-refractivity contribution >= 4 is 24.2 Å². The van der Waals surface area contributed by atoms with Gasteiger partial charge < -0.3 is 39.1 Å². The number of allylic oxidation sites excluding steroid dienone is 1. The number of aliphatic hydroxyl groups is 1. The smallest absolute Gasteiger partial charge is 0.338 e. The van der Waals surface area contributed by atoms with Gasteiger partial charge in [-0.25, -0.2) is 14.4 Å². The van der Waals surface area contributed by atoms with Crippen LogP contribution in [0.3, 0.4) is 0 Å². The van der Waals surface area contributed by atoms with Crippen LogP contribution in [0.2, 0.25) is 0 Å². The van der Waals surface area contributed by atoms with Crippen LogP contribution in [0.15, 0.2) is 69.3 Å². The molecule has 44 heavy (non-hydrogen) atoms. The molecule has 2 aromatic carbocycles. The molecule has 1 aliphatic heterocycles. The molecule has 3 aromatic rings. The van der Waals surface area contributed by atoms with Gasteiger partial charge in [0.15, 0.2) is 17.7 Å². The highest BCUT2D eigenvalue weighted by molar-refractivity contribution is 5.95. The van der Waals surface area contributed by atoms with Crippen molar-refractivity contribution in [3.63, 3.8) is 0 Å². The van der Waals surface area contributed by atoms with Gasteiger partial charge in [-0.05, 0) is 62.2 Å². The third-order valence-electron chi connectivity index (χ3n) is 6.72. The van der Waals surface area contributed by atoms with Gasteiger partial charge in [0, 0.05) is 11.3 Å². The summed E-state index contributed by atoms with van der Waals surface area (Å²) in [6.07, 6.45) is 0.211. The second kappa shape index (κ2) is 14.2. The van der Waals surface area contributed by atoms with Crippen LogP contribution in [0, 0.1) is 6.92 Å². The zero-order valence-corrected chi connectivity index (χ0v) is 24.9. The van der Waals surface area contributed by atoms with Gasteiger partial charge in [-0.2, -0.15) is 5.10 Å². The van der Waals surface area contributed by atoms with Crippen LogP contribution >= 0.6 is 0 Å². The molecule has 0 saturated carbocycles. The van der Waals surface area contributed by atoms with Crippen molar-refractivity contribution in [2.75, 3.05) is 27.4 Å². The van der Waals surface area contributed by atoms with Crippen LogP contribution in [0.5, 0.6) is 11.5 Å². The van der Waals surface area contributed by atoms with Gasteiger partial charge in [0.05, 0.1) is 44.2 Å². The van der Waals surface area contributed by atoms with Gasteiger partial charge in [0.1, 0.15) is 18.1 Å². The number of furan rings is 1. The third-order valence-corrected chi connectivity index (χ3v) is 6.72. The number of hydrazone groups is 1. The summed E-state index contributed by atoms with van der Waals surface area (Å²) in [6, 6.07) is 12.5. The van der Waals surface area contributed by atoms with E-state index < -0.39 is 30.2 Å². The lowest BCUT2D eigenvalue weighted by Crippen LogP contribution is -2.45. The van der Waals surface area contributed by atoms with Gasteiger partial charge in [0.25, 0.3) is 0 Å². The number of urea groups is 1. The second-order valence-electron chi connectivity index (χ2n) is 9.59. The normalized spacial score (nSPS) is 15.3. The molecule has 0 saturated heterocycles. The number of ether oxygens (including phenoxy) is 4. The Morgan fingerprint density at radius 1 is 1.07 bits per heavy atom. The molecule has 4 N–H and O–H groups in total. The average Bonchev–Trinajstić information content (AvgIpc) is 3.48. The molecule has 13 heteroatoms. The number of aliphatic hydroxyl groups excluding tert-OH is 1. The molecule has 0 bridgehead atoms. The lowest BCUT2D eigenvalue weighted by Gasteiger charge is -2.28. The first kappa shape index (κ1) is 31.6. The Balaban J connectivity index is 1.40. The summed E-state index contributed by atoms with van der Waals surface area (Å²) >= 11 is 0. The van der Waals surface area contributed by atoms with E-state index in [1.54, 1.807) is 56.3 Å². The van der Waals surface area contributed by atoms with E-state index in [1.807, 2.05) is 13.0 Å². The number of nitrogens with zero attached hydrogens (tertiary/aromatic N) is 1. The molecule has 0 fully saturated rings. The highest BCUT2D eigenvalue weighted by atomic mass is 16.5. The molecule has 2 heterocycles. The molecule has 0 unspecified atom stereocenters. The average molecular weight is 607 g/mol. The van der Waals surface area contributed by atoms with Crippen molar-refractivity contribution in [2.24, 2.45) is 5.10 Å². The second-order valence-corrected chi connectivity index (χ2v) is 9.59. The monoisotopic (exact) mass is 606 g/mol. The number of hydrogen-bond acceptors (Lipinski definition) is 11. The van der Waals surface area contributed by atoms with Crippen LogP contribution in [0.25, 0.3) is 11.3 Å². The molecule has 4 rings (SSSR count). The minimum Gasteiger partial charge on any atom is -0.490 e. The molecule has 0 spiro atoms. The Labute approximate surface area is 253 Å². The molecule has 13 nitrogen and oxygen atoms in total. The molecular formula is C31H34N4O9. The van der Waals surface area contributed by atoms with E-state index in [4.69, 9.17) is 23.4 Å². The van der Waals surface area contributed by atoms with Crippen LogP contribution in [0.1, 0.15) is 47.1 Å². The van der Waals surface area contributed by atoms with Crippen LogP contribution < -0.4 is 25.5 Å². The molecule has 1 aromatic heterocycles. The highest BCUT2D eigenvalue weighted by Gasteiger charge is 2.32. The maximum absolute atomic E-state index is 12.4. The number of benzene rings is 2. The first-order valence-corrected chi connectivity index (χ1v) is 13.7. The van der Waals surface area contributed by atoms with E-state index in [1.165, 1.54) is 20.4 Å². The number of hydrogen-bond donors (Lipinski definition) is 4. The first-order chi connectivity index (χ1) is 21.2. The van der Waals surface area contributed by atoms with E-state index in [-0.39, 0.29) is 12.2 Å². The van der Waals surface area contributed by atoms with Crippen LogP contribution in [-0.4, -0.2) is 63.0 Å². The maximum Gasteiger partial charge on any atom is 0.338 e. The minimum absolute atomic E-state index is 0.184. The van der Waals surface area contributed by atoms with E-state index >= 15 is 0 Å². The van der Waals surface area contributed by atoms with Gasteiger partial charge >= 0.3 is 18.0 Å². The van der Waals surface area contributed by atoms with Crippen molar-refractivity contribution < 1.29 is 42.9 Å². The fraction of sp³-hybridized carbons (Fsp3) is 0.290. The fourth-order valence-corrected chi connectivity index (χ4v) is 4.61. The Morgan fingerprint density at radius 2 is 1.84 bits per heavy atom. The molecule has 2 atom stereocenters. The van der Waals surface area contributed by atoms with Gasteiger partial charge in [-0.1, -0.05) is 18.2 Å². The van der Waals surface area contributed by atoms with Crippen molar-refractivity contribution in [2.45, 2.75) is 33.0 Å². The first-order valence-electron chi connectivity index (χ1n) is 13.7. The zero-order valence-electron chi connectivity index (χ0n) is 24.9. The van der Waals surface area contributed by atoms with Gasteiger partial charge in [0.2, 0.25) is 0 Å². The predicted octanol–water partition coefficient (Wildman–Crippen LogP) is 3.56. The Bertz CT molecular complexity index is 1590. The highest BCUT2D eigenvalue weighted by Crippen LogP contribution is 2.35. The third kappa shape index (κ3) is 7.18. The van der Waals surface area contributed by atoms with Crippen molar-refractivity contribution in [1.82, 2.24) is 16.1 Å². The number of rotatable bonds is 12. The summed E-state index contributed by atoms with van der Waals surface area (Å²) in [5.74, 6) is 0.628. The van der Waals surface area contributed by atoms with Crippen molar-refractivity contribution in [1.29, 1.82) is 0 Å². The lowest BCUT2D eigenvalue weighted by molar-refractivity contribution is -0.136. The maximum atomic E-state index is 12.4. The molecule has 0 aliphatic carbocycles. The van der Waals surface area contributed by atoms with Crippen molar-refractivity contribution in [3.05, 3.63) is 82.3 Å². The van der Waals surface area contributed by atoms with Gasteiger partial charge in [-0.15, -0.1) is 0 Å². The summed E-state index contributed by atoms with van der Waals surface area (Å²) in [4.78, 5) is 36.6. The number of methoxy groups -OCH3 is 2. The van der Waals surface area contributed by atoms with E-state index in [0.29, 0.717) is 46.5 Å². The topological polar surface area (TPSA) is 170 Å². The number of nitrogens with one attached hydrogen (secondary N) is 3. The molecule has 0 radical (unpaired) electrons. The summed E-state index contributed by atoms with van der Waals surface area (Å²) < 4.78 is 27.1. The Kier molecular flexibility index (Phi) is 10.2. The van der Waals surface area contributed by atoms with Crippen LogP contribution in [-0.2, 0) is 14.3 Å². The number of amides is 2. The van der Waals surface area contributed by atoms with Gasteiger partial charge in [-0.3, -0.25) is 5.43 Å². The molecular weight excluding hydrogens is 572 g/mol. The Morgan fingerprint density at radius 3 is 2.57 bits per heavy atom. The molecule has 2 amide bonds. The fourth-order valence-electron chi connectivity index (χ4n) is 4.61. The number of carbonyl (C=O) groups excluding carboxylic acids is 3. The molecule has 232 valence electrons. The quantitative estimate of drug-likeness (QED) is 0.103. The largest absolute Gasteiger partial charge is 0.490 e. The summed E-state index contributed by atoms with van der Waals surface area (Å²) in [5, 5.41) is 19.7. The standard InChI is InChI=1S/C31H34N4O9/c1-6-42-25-14-19(28-27(30(38)41-5)18(3)33-31(39)34-28)10-12-24(25)43-16-26(36)35-32-15-20-11-13-23(44-20)21-8-7-9-22(17(21)2)29(37)40-4/h7-15,26,28,35-36H,6,16H2,1-5H3,(H2,33,34,39)/b32-15-/t26-,28-/m1/s1. The number of esters is 2. The predicted molar refractivity (Wildman–Crippen MR) is 159 cm³/mol. The van der Waals surface area contributed by atoms with Crippen molar-refractivity contribution in [3.8, 4) is 22.8 Å². The lowest BCUT2D eigenvalue weighted by atomic mass is 9.95. The summed E-state index contributed by atoms with van der Waals surface area (Å²) in [6.45, 7) is 5.36. The summed E-state index contributed by atoms with van der Waals surface area (Å²) in [7, 11) is 2.60. The zero-order chi connectivity index (χ0) is 31.8. The van der Waals surface area contributed by atoms with E-state index in [9.17, 15) is 19.5 Å². The summed E-state index contributed by atoms with van der Waals surface area (Å²) in [5.41, 5.74) is 5.68. The minimum atomic E-state index is -1.19. The number of carbonyl (C=O) groups is 3.